The summed E-state index contributed by atoms with van der Waals surface area (Å²) in [6.07, 6.45) is 0. The number of para-hydroxylation sites is 1. The van der Waals surface area contributed by atoms with E-state index in [2.05, 4.69) is 4.90 Å². The van der Waals surface area contributed by atoms with E-state index in [1.807, 2.05) is 36.4 Å². The van der Waals surface area contributed by atoms with Crippen molar-refractivity contribution in [3.05, 3.63) is 82.4 Å². The van der Waals surface area contributed by atoms with Gasteiger partial charge in [-0.1, -0.05) is 35.9 Å². The number of benzene rings is 3. The van der Waals surface area contributed by atoms with Gasteiger partial charge in [-0.3, -0.25) is 0 Å². The van der Waals surface area contributed by atoms with Gasteiger partial charge in [-0.15, -0.1) is 0 Å². The van der Waals surface area contributed by atoms with Crippen molar-refractivity contribution in [2.24, 2.45) is 0 Å². The van der Waals surface area contributed by atoms with Crippen LogP contribution < -0.4 is 15.4 Å². The second kappa shape index (κ2) is 6.85. The molecule has 1 aliphatic rings. The molecule has 3 aromatic rings. The molecule has 0 aliphatic carbocycles. The first-order chi connectivity index (χ1) is 13.0. The van der Waals surface area contributed by atoms with Crippen molar-refractivity contribution >= 4 is 28.9 Å². The lowest BCUT2D eigenvalue weighted by Gasteiger charge is -2.25. The molecule has 0 bridgehead atoms. The number of anilines is 2. The summed E-state index contributed by atoms with van der Waals surface area (Å²) in [7, 11) is 0. The molecule has 6 heteroatoms. The molecular weight excluding hydrogens is 364 g/mol. The van der Waals surface area contributed by atoms with Gasteiger partial charge in [-0.05, 0) is 42.0 Å². The number of halogens is 1. The Bertz CT molecular complexity index is 1040. The molecule has 0 unspecified atom stereocenters. The summed E-state index contributed by atoms with van der Waals surface area (Å²) in [4.78, 5) is 13.3. The molecule has 0 saturated carbocycles. The number of nitrogens with zero attached hydrogens (tertiary/aromatic N) is 1. The number of fused-ring (bicyclic) bond motifs is 2. The molecule has 0 spiro atoms. The fourth-order valence-corrected chi connectivity index (χ4v) is 3.35. The summed E-state index contributed by atoms with van der Waals surface area (Å²) in [5.74, 6) is 0.519. The molecule has 1 aliphatic heterocycles. The van der Waals surface area contributed by atoms with E-state index in [1.54, 1.807) is 18.2 Å². The fraction of sp³-hybridized carbons (Fsp3) is 0.0952. The average Bonchev–Trinajstić information content (AvgIpc) is 2.79. The first-order valence-electron chi connectivity index (χ1n) is 8.43. The van der Waals surface area contributed by atoms with E-state index in [9.17, 15) is 4.79 Å². The molecule has 27 heavy (non-hydrogen) atoms. The number of hydrogen-bond donors (Lipinski definition) is 2. The lowest BCUT2D eigenvalue weighted by molar-refractivity contribution is 0.0697. The molecule has 0 fully saturated rings. The van der Waals surface area contributed by atoms with Crippen LogP contribution in [0.3, 0.4) is 0 Å². The monoisotopic (exact) mass is 380 g/mol. The molecule has 4 rings (SSSR count). The Morgan fingerprint density at radius 1 is 1.11 bits per heavy atom. The number of carbonyl (C=O) groups is 1. The molecule has 5 nitrogen and oxygen atoms in total. The minimum Gasteiger partial charge on any atom is -0.478 e. The number of nitrogens with two attached hydrogens (primary N) is 1. The quantitative estimate of drug-likeness (QED) is 0.630. The van der Waals surface area contributed by atoms with Crippen molar-refractivity contribution < 1.29 is 14.6 Å². The molecule has 3 N–H and O–H groups in total. The van der Waals surface area contributed by atoms with Gasteiger partial charge in [0.25, 0.3) is 0 Å². The van der Waals surface area contributed by atoms with E-state index < -0.39 is 5.97 Å². The SMILES string of the molecule is Nc1cc(C(=O)O)ccc1CN1Cc2ccccc2Oc2ccc(Cl)cc21. The topological polar surface area (TPSA) is 75.8 Å². The number of hydrogen-bond acceptors (Lipinski definition) is 4. The van der Waals surface area contributed by atoms with Crippen molar-refractivity contribution in [1.82, 2.24) is 0 Å². The van der Waals surface area contributed by atoms with E-state index in [-0.39, 0.29) is 5.56 Å². The van der Waals surface area contributed by atoms with Crippen LogP contribution >= 0.6 is 11.6 Å². The zero-order valence-electron chi connectivity index (χ0n) is 14.4. The van der Waals surface area contributed by atoms with Crippen molar-refractivity contribution in [2.75, 3.05) is 10.6 Å². The second-order valence-electron chi connectivity index (χ2n) is 6.40. The van der Waals surface area contributed by atoms with Crippen LogP contribution in [0, 0.1) is 0 Å². The summed E-state index contributed by atoms with van der Waals surface area (Å²) < 4.78 is 6.10. The molecule has 0 saturated heterocycles. The maximum atomic E-state index is 11.1. The third-order valence-corrected chi connectivity index (χ3v) is 4.80. The highest BCUT2D eigenvalue weighted by molar-refractivity contribution is 6.31. The predicted octanol–water partition coefficient (Wildman–Crippen LogP) is 4.93. The third-order valence-electron chi connectivity index (χ3n) is 4.57. The highest BCUT2D eigenvalue weighted by Crippen LogP contribution is 2.41. The van der Waals surface area contributed by atoms with Crippen LogP contribution in [0.2, 0.25) is 5.02 Å². The van der Waals surface area contributed by atoms with E-state index >= 15 is 0 Å². The smallest absolute Gasteiger partial charge is 0.335 e. The van der Waals surface area contributed by atoms with Crippen molar-refractivity contribution in [1.29, 1.82) is 0 Å². The van der Waals surface area contributed by atoms with E-state index in [1.165, 1.54) is 6.07 Å². The molecule has 0 aromatic heterocycles. The normalized spacial score (nSPS) is 12.6. The Morgan fingerprint density at radius 2 is 1.93 bits per heavy atom. The van der Waals surface area contributed by atoms with E-state index in [0.29, 0.717) is 29.5 Å². The number of carboxylic acid groups (broad SMARTS) is 1. The van der Waals surface area contributed by atoms with Crippen LogP contribution in [-0.4, -0.2) is 11.1 Å². The zero-order valence-corrected chi connectivity index (χ0v) is 15.1. The Balaban J connectivity index is 1.75. The summed E-state index contributed by atoms with van der Waals surface area (Å²) >= 11 is 6.22. The summed E-state index contributed by atoms with van der Waals surface area (Å²) in [6, 6.07) is 18.2. The summed E-state index contributed by atoms with van der Waals surface area (Å²) in [5.41, 5.74) is 9.47. The Labute approximate surface area is 161 Å². The van der Waals surface area contributed by atoms with Crippen molar-refractivity contribution in [2.45, 2.75) is 13.1 Å². The standard InChI is InChI=1S/C21H17ClN2O3/c22-16-7-8-20-18(10-16)24(12-15-3-1-2-4-19(15)27-20)11-14-6-5-13(21(25)26)9-17(14)23/h1-10H,11-12,23H2,(H,25,26). The van der Waals surface area contributed by atoms with Crippen LogP contribution in [0.1, 0.15) is 21.5 Å². The van der Waals surface area contributed by atoms with Gasteiger partial charge in [-0.25, -0.2) is 4.79 Å². The highest BCUT2D eigenvalue weighted by atomic mass is 35.5. The number of nitrogen functional groups attached to an aromatic ring is 1. The number of ether oxygens (including phenoxy) is 1. The summed E-state index contributed by atoms with van der Waals surface area (Å²) in [5, 5.41) is 9.74. The minimum atomic E-state index is -0.998. The number of rotatable bonds is 3. The lowest BCUT2D eigenvalue weighted by Crippen LogP contribution is -2.22. The molecule has 3 aromatic carbocycles. The Morgan fingerprint density at radius 3 is 2.70 bits per heavy atom. The molecular formula is C21H17ClN2O3. The highest BCUT2D eigenvalue weighted by Gasteiger charge is 2.22. The van der Waals surface area contributed by atoms with Gasteiger partial charge in [0.15, 0.2) is 5.75 Å². The second-order valence-corrected chi connectivity index (χ2v) is 6.83. The molecule has 136 valence electrons. The first kappa shape index (κ1) is 17.2. The predicted molar refractivity (Wildman–Crippen MR) is 106 cm³/mol. The van der Waals surface area contributed by atoms with Gasteiger partial charge in [0, 0.05) is 29.4 Å². The maximum absolute atomic E-state index is 11.1. The molecule has 0 amide bonds. The lowest BCUT2D eigenvalue weighted by atomic mass is 10.1. The average molecular weight is 381 g/mol. The van der Waals surface area contributed by atoms with Gasteiger partial charge in [-0.2, -0.15) is 0 Å². The van der Waals surface area contributed by atoms with Gasteiger partial charge in [0.2, 0.25) is 0 Å². The molecule has 0 radical (unpaired) electrons. The van der Waals surface area contributed by atoms with Gasteiger partial charge in [0.05, 0.1) is 11.3 Å². The van der Waals surface area contributed by atoms with Crippen LogP contribution in [0.15, 0.2) is 60.7 Å². The van der Waals surface area contributed by atoms with Crippen LogP contribution in [0.4, 0.5) is 11.4 Å². The third kappa shape index (κ3) is 3.41. The largest absolute Gasteiger partial charge is 0.478 e. The van der Waals surface area contributed by atoms with E-state index in [0.717, 1.165) is 22.6 Å². The first-order valence-corrected chi connectivity index (χ1v) is 8.81. The maximum Gasteiger partial charge on any atom is 0.335 e. The van der Waals surface area contributed by atoms with Gasteiger partial charge in [0.1, 0.15) is 5.75 Å². The number of carboxylic acids is 1. The fourth-order valence-electron chi connectivity index (χ4n) is 3.19. The van der Waals surface area contributed by atoms with Crippen LogP contribution in [-0.2, 0) is 13.1 Å². The minimum absolute atomic E-state index is 0.171. The van der Waals surface area contributed by atoms with Gasteiger partial charge >= 0.3 is 5.97 Å². The zero-order chi connectivity index (χ0) is 19.0. The van der Waals surface area contributed by atoms with Crippen LogP contribution in [0.5, 0.6) is 11.5 Å². The Kier molecular flexibility index (Phi) is 4.38. The van der Waals surface area contributed by atoms with Crippen molar-refractivity contribution in [3.63, 3.8) is 0 Å². The summed E-state index contributed by atoms with van der Waals surface area (Å²) in [6.45, 7) is 1.11. The van der Waals surface area contributed by atoms with Gasteiger partial charge < -0.3 is 20.5 Å². The molecule has 1 heterocycles. The van der Waals surface area contributed by atoms with Crippen LogP contribution in [0.25, 0.3) is 0 Å². The Hall–Kier alpha value is -3.18. The van der Waals surface area contributed by atoms with Crippen molar-refractivity contribution in [3.8, 4) is 11.5 Å². The number of aromatic carboxylic acids is 1. The molecule has 0 atom stereocenters. The van der Waals surface area contributed by atoms with E-state index in [4.69, 9.17) is 27.2 Å².